The van der Waals surface area contributed by atoms with Gasteiger partial charge in [-0.1, -0.05) is 34.6 Å². The van der Waals surface area contributed by atoms with E-state index in [-0.39, 0.29) is 0 Å². The molecule has 0 radical (unpaired) electrons. The zero-order valence-electron chi connectivity index (χ0n) is 9.22. The fraction of sp³-hybridized carbons (Fsp3) is 1.00. The van der Waals surface area contributed by atoms with Crippen molar-refractivity contribution in [3.8, 4) is 0 Å². The summed E-state index contributed by atoms with van der Waals surface area (Å²) in [5, 5.41) is 0. The minimum atomic E-state index is 0.547. The van der Waals surface area contributed by atoms with Gasteiger partial charge in [0.05, 0.1) is 0 Å². The number of nitrogens with zero attached hydrogens (tertiary/aromatic N) is 1. The molecule has 0 saturated carbocycles. The average molecular weight is 169 g/mol. The van der Waals surface area contributed by atoms with Gasteiger partial charge in [-0.2, -0.15) is 0 Å². The van der Waals surface area contributed by atoms with E-state index in [1.165, 1.54) is 19.5 Å². The number of hydrogen-bond acceptors (Lipinski definition) is 1. The molecule has 1 aliphatic rings. The van der Waals surface area contributed by atoms with Gasteiger partial charge in [0.2, 0.25) is 0 Å². The third-order valence-corrected chi connectivity index (χ3v) is 3.04. The van der Waals surface area contributed by atoms with Crippen LogP contribution < -0.4 is 0 Å². The Labute approximate surface area is 77.1 Å². The molecule has 0 aromatic rings. The van der Waals surface area contributed by atoms with E-state index in [4.69, 9.17) is 0 Å². The molecule has 0 N–H and O–H groups in total. The first-order chi connectivity index (χ1) is 5.46. The maximum atomic E-state index is 2.63. The molecule has 0 bridgehead atoms. The highest BCUT2D eigenvalue weighted by atomic mass is 15.2. The molecule has 1 heteroatoms. The summed E-state index contributed by atoms with van der Waals surface area (Å²) in [7, 11) is 0. The normalized spacial score (nSPS) is 30.0. The number of hydrogen-bond donors (Lipinski definition) is 0. The standard InChI is InChI=1S/C11H23N/c1-6-12-8-11(4,5)7-10(12)9(2)3/h9-10H,6-8H2,1-5H3. The van der Waals surface area contributed by atoms with Gasteiger partial charge in [-0.25, -0.2) is 0 Å². The topological polar surface area (TPSA) is 3.24 Å². The molecule has 0 amide bonds. The van der Waals surface area contributed by atoms with Crippen LogP contribution >= 0.6 is 0 Å². The average Bonchev–Trinajstić information content (AvgIpc) is 2.25. The summed E-state index contributed by atoms with van der Waals surface area (Å²) < 4.78 is 0. The van der Waals surface area contributed by atoms with Crippen LogP contribution in [0.5, 0.6) is 0 Å². The highest BCUT2D eigenvalue weighted by Gasteiger charge is 2.37. The van der Waals surface area contributed by atoms with Gasteiger partial charge in [-0.15, -0.1) is 0 Å². The number of likely N-dealkylation sites (tertiary alicyclic amines) is 1. The summed E-state index contributed by atoms with van der Waals surface area (Å²) in [6.45, 7) is 14.2. The lowest BCUT2D eigenvalue weighted by Gasteiger charge is -2.25. The molecule has 0 aromatic carbocycles. The lowest BCUT2D eigenvalue weighted by Crippen LogP contribution is -2.33. The van der Waals surface area contributed by atoms with Crippen molar-refractivity contribution in [2.75, 3.05) is 13.1 Å². The molecular weight excluding hydrogens is 146 g/mol. The molecule has 1 atom stereocenters. The maximum absolute atomic E-state index is 2.63. The van der Waals surface area contributed by atoms with Gasteiger partial charge in [0.1, 0.15) is 0 Å². The van der Waals surface area contributed by atoms with Crippen molar-refractivity contribution in [3.63, 3.8) is 0 Å². The molecule has 1 fully saturated rings. The Kier molecular flexibility index (Phi) is 2.82. The Hall–Kier alpha value is -0.0400. The summed E-state index contributed by atoms with van der Waals surface area (Å²) in [4.78, 5) is 2.63. The fourth-order valence-electron chi connectivity index (χ4n) is 2.43. The molecule has 1 saturated heterocycles. The smallest absolute Gasteiger partial charge is 0.0124 e. The zero-order chi connectivity index (χ0) is 9.35. The van der Waals surface area contributed by atoms with Gasteiger partial charge in [0.25, 0.3) is 0 Å². The summed E-state index contributed by atoms with van der Waals surface area (Å²) in [5.74, 6) is 0.812. The van der Waals surface area contributed by atoms with E-state index in [1.54, 1.807) is 0 Å². The van der Waals surface area contributed by atoms with E-state index in [0.29, 0.717) is 5.41 Å². The van der Waals surface area contributed by atoms with E-state index in [0.717, 1.165) is 12.0 Å². The van der Waals surface area contributed by atoms with Crippen LogP contribution in [0.25, 0.3) is 0 Å². The molecule has 72 valence electrons. The first kappa shape index (κ1) is 10.0. The zero-order valence-corrected chi connectivity index (χ0v) is 9.22. The van der Waals surface area contributed by atoms with Gasteiger partial charge in [-0.05, 0) is 24.3 Å². The third kappa shape index (κ3) is 2.01. The fourth-order valence-corrected chi connectivity index (χ4v) is 2.43. The molecule has 12 heavy (non-hydrogen) atoms. The largest absolute Gasteiger partial charge is 0.300 e. The predicted octanol–water partition coefficient (Wildman–Crippen LogP) is 2.76. The molecule has 1 nitrogen and oxygen atoms in total. The molecule has 1 aliphatic heterocycles. The highest BCUT2D eigenvalue weighted by Crippen LogP contribution is 2.36. The van der Waals surface area contributed by atoms with Crippen molar-refractivity contribution in [1.82, 2.24) is 4.90 Å². The van der Waals surface area contributed by atoms with E-state index in [9.17, 15) is 0 Å². The Bertz CT molecular complexity index is 149. The van der Waals surface area contributed by atoms with Crippen molar-refractivity contribution in [3.05, 3.63) is 0 Å². The minimum Gasteiger partial charge on any atom is -0.300 e. The van der Waals surface area contributed by atoms with Crippen LogP contribution in [0.2, 0.25) is 0 Å². The lowest BCUT2D eigenvalue weighted by molar-refractivity contribution is 0.213. The lowest BCUT2D eigenvalue weighted by atomic mass is 9.87. The second-order valence-electron chi connectivity index (χ2n) is 5.24. The van der Waals surface area contributed by atoms with Crippen molar-refractivity contribution in [2.24, 2.45) is 11.3 Å². The van der Waals surface area contributed by atoms with Crippen LogP contribution in [-0.2, 0) is 0 Å². The molecule has 0 spiro atoms. The Morgan fingerprint density at radius 2 is 2.00 bits per heavy atom. The van der Waals surface area contributed by atoms with Crippen LogP contribution in [-0.4, -0.2) is 24.0 Å². The quantitative estimate of drug-likeness (QED) is 0.614. The van der Waals surface area contributed by atoms with Crippen molar-refractivity contribution in [1.29, 1.82) is 0 Å². The third-order valence-electron chi connectivity index (χ3n) is 3.04. The SMILES string of the molecule is CCN1CC(C)(C)CC1C(C)C. The van der Waals surface area contributed by atoms with Gasteiger partial charge < -0.3 is 0 Å². The predicted molar refractivity (Wildman–Crippen MR) is 54.3 cm³/mol. The van der Waals surface area contributed by atoms with E-state index >= 15 is 0 Å². The van der Waals surface area contributed by atoms with Crippen LogP contribution in [0.3, 0.4) is 0 Å². The van der Waals surface area contributed by atoms with E-state index < -0.39 is 0 Å². The summed E-state index contributed by atoms with van der Waals surface area (Å²) in [5.41, 5.74) is 0.547. The number of rotatable bonds is 2. The van der Waals surface area contributed by atoms with Crippen molar-refractivity contribution in [2.45, 2.75) is 47.1 Å². The summed E-state index contributed by atoms with van der Waals surface area (Å²) >= 11 is 0. The molecule has 0 aliphatic carbocycles. The maximum Gasteiger partial charge on any atom is 0.0124 e. The monoisotopic (exact) mass is 169 g/mol. The first-order valence-electron chi connectivity index (χ1n) is 5.20. The Morgan fingerprint density at radius 1 is 1.42 bits per heavy atom. The van der Waals surface area contributed by atoms with E-state index in [1.807, 2.05) is 0 Å². The second-order valence-corrected chi connectivity index (χ2v) is 5.24. The molecular formula is C11H23N. The summed E-state index contributed by atoms with van der Waals surface area (Å²) in [6.07, 6.45) is 1.37. The Balaban J connectivity index is 2.63. The van der Waals surface area contributed by atoms with Crippen molar-refractivity contribution < 1.29 is 0 Å². The molecule has 0 aromatic heterocycles. The highest BCUT2D eigenvalue weighted by molar-refractivity contribution is 4.91. The summed E-state index contributed by atoms with van der Waals surface area (Å²) in [6, 6.07) is 0.824. The first-order valence-corrected chi connectivity index (χ1v) is 5.20. The van der Waals surface area contributed by atoms with Gasteiger partial charge in [0.15, 0.2) is 0 Å². The second kappa shape index (κ2) is 3.37. The van der Waals surface area contributed by atoms with Crippen LogP contribution in [0.1, 0.15) is 41.0 Å². The van der Waals surface area contributed by atoms with Crippen LogP contribution in [0, 0.1) is 11.3 Å². The van der Waals surface area contributed by atoms with Gasteiger partial charge in [0, 0.05) is 12.6 Å². The van der Waals surface area contributed by atoms with Gasteiger partial charge in [-0.3, -0.25) is 4.90 Å². The van der Waals surface area contributed by atoms with Gasteiger partial charge >= 0.3 is 0 Å². The minimum absolute atomic E-state index is 0.547. The van der Waals surface area contributed by atoms with Crippen LogP contribution in [0.4, 0.5) is 0 Å². The van der Waals surface area contributed by atoms with Crippen LogP contribution in [0.15, 0.2) is 0 Å². The molecule has 1 heterocycles. The van der Waals surface area contributed by atoms with Crippen molar-refractivity contribution >= 4 is 0 Å². The molecule has 1 unspecified atom stereocenters. The van der Waals surface area contributed by atoms with E-state index in [2.05, 4.69) is 39.5 Å². The Morgan fingerprint density at radius 3 is 2.33 bits per heavy atom. The molecule has 1 rings (SSSR count).